The largest absolute Gasteiger partial charge is 0.229 e. The Kier molecular flexibility index (Phi) is 5.22. The van der Waals surface area contributed by atoms with Crippen molar-refractivity contribution >= 4 is 71.3 Å². The van der Waals surface area contributed by atoms with Crippen molar-refractivity contribution in [1.29, 1.82) is 5.26 Å². The number of nitriles is 1. The molecule has 6 heteroatoms. The summed E-state index contributed by atoms with van der Waals surface area (Å²) in [7, 11) is 0. The van der Waals surface area contributed by atoms with E-state index in [0.29, 0.717) is 4.91 Å². The summed E-state index contributed by atoms with van der Waals surface area (Å²) < 4.78 is 4.04. The molecule has 0 aliphatic carbocycles. The minimum atomic E-state index is 0.617. The first-order valence-corrected chi connectivity index (χ1v) is 9.89. The molecule has 0 radical (unpaired) electrons. The Morgan fingerprint density at radius 2 is 1.96 bits per heavy atom. The van der Waals surface area contributed by atoms with E-state index in [1.165, 1.54) is 11.8 Å². The number of benzene rings is 2. The lowest BCUT2D eigenvalue weighted by Crippen LogP contribution is -1.82. The molecule has 0 bridgehead atoms. The van der Waals surface area contributed by atoms with Crippen LogP contribution in [0.2, 0.25) is 0 Å². The van der Waals surface area contributed by atoms with Crippen molar-refractivity contribution in [2.24, 2.45) is 0 Å². The Hall–Kier alpha value is -1.13. The highest BCUT2D eigenvalue weighted by molar-refractivity contribution is 9.11. The maximum atomic E-state index is 9.43. The van der Waals surface area contributed by atoms with Crippen LogP contribution in [0.3, 0.4) is 0 Å². The summed E-state index contributed by atoms with van der Waals surface area (Å²) in [5, 5.41) is 9.43. The molecule has 0 aliphatic rings. The quantitative estimate of drug-likeness (QED) is 0.315. The highest BCUT2D eigenvalue weighted by Crippen LogP contribution is 2.35. The van der Waals surface area contributed by atoms with Crippen molar-refractivity contribution in [3.05, 3.63) is 61.4 Å². The minimum absolute atomic E-state index is 0.617. The first-order valence-electron chi connectivity index (χ1n) is 6.67. The number of hydrogen-bond donors (Lipinski definition) is 0. The van der Waals surface area contributed by atoms with Gasteiger partial charge in [0, 0.05) is 8.95 Å². The van der Waals surface area contributed by atoms with E-state index in [9.17, 15) is 5.26 Å². The zero-order chi connectivity index (χ0) is 16.4. The first-order chi connectivity index (χ1) is 11.1. The third kappa shape index (κ3) is 3.86. The Morgan fingerprint density at radius 3 is 2.61 bits per heavy atom. The molecule has 114 valence electrons. The van der Waals surface area contributed by atoms with Crippen LogP contribution in [-0.2, 0) is 0 Å². The van der Waals surface area contributed by atoms with Crippen molar-refractivity contribution in [2.75, 3.05) is 0 Å². The molecule has 2 nitrogen and oxygen atoms in total. The third-order valence-electron chi connectivity index (χ3n) is 3.18. The molecule has 0 saturated heterocycles. The van der Waals surface area contributed by atoms with Gasteiger partial charge in [0.1, 0.15) is 6.07 Å². The van der Waals surface area contributed by atoms with Crippen molar-refractivity contribution in [1.82, 2.24) is 4.98 Å². The SMILES string of the molecule is Cc1c(Br)cc(/C=C(\C#N)Sc2nc3ccccc3s2)cc1Br. The average Bonchev–Trinajstić information content (AvgIpc) is 2.94. The summed E-state index contributed by atoms with van der Waals surface area (Å²) in [6, 6.07) is 14.3. The van der Waals surface area contributed by atoms with Crippen LogP contribution in [0.1, 0.15) is 11.1 Å². The summed E-state index contributed by atoms with van der Waals surface area (Å²) in [4.78, 5) is 5.18. The molecule has 0 fully saturated rings. The van der Waals surface area contributed by atoms with Gasteiger partial charge in [0.25, 0.3) is 0 Å². The Bertz CT molecular complexity index is 899. The van der Waals surface area contributed by atoms with Crippen LogP contribution in [0.4, 0.5) is 0 Å². The van der Waals surface area contributed by atoms with Gasteiger partial charge in [-0.25, -0.2) is 4.98 Å². The molecule has 1 aromatic heterocycles. The molecular formula is C17H10Br2N2S2. The van der Waals surface area contributed by atoms with E-state index in [4.69, 9.17) is 0 Å². The van der Waals surface area contributed by atoms with Gasteiger partial charge in [-0.1, -0.05) is 44.0 Å². The average molecular weight is 466 g/mol. The Labute approximate surface area is 159 Å². The second kappa shape index (κ2) is 7.18. The van der Waals surface area contributed by atoms with Crippen LogP contribution in [0.25, 0.3) is 16.3 Å². The topological polar surface area (TPSA) is 36.7 Å². The van der Waals surface area contributed by atoms with Gasteiger partial charge in [0.05, 0.1) is 15.1 Å². The van der Waals surface area contributed by atoms with Crippen LogP contribution in [0, 0.1) is 18.3 Å². The second-order valence-electron chi connectivity index (χ2n) is 4.78. The van der Waals surface area contributed by atoms with E-state index < -0.39 is 0 Å². The first kappa shape index (κ1) is 16.7. The molecule has 0 aliphatic heterocycles. The van der Waals surface area contributed by atoms with Crippen molar-refractivity contribution < 1.29 is 0 Å². The van der Waals surface area contributed by atoms with Crippen LogP contribution < -0.4 is 0 Å². The number of thioether (sulfide) groups is 1. The van der Waals surface area contributed by atoms with Gasteiger partial charge in [-0.15, -0.1) is 11.3 Å². The van der Waals surface area contributed by atoms with Gasteiger partial charge in [0.2, 0.25) is 0 Å². The zero-order valence-electron chi connectivity index (χ0n) is 12.0. The van der Waals surface area contributed by atoms with E-state index in [0.717, 1.165) is 34.6 Å². The lowest BCUT2D eigenvalue weighted by molar-refractivity contribution is 1.31. The molecular weight excluding hydrogens is 456 g/mol. The smallest absolute Gasteiger partial charge is 0.156 e. The van der Waals surface area contributed by atoms with Gasteiger partial charge in [-0.05, 0) is 60.2 Å². The molecule has 0 spiro atoms. The predicted molar refractivity (Wildman–Crippen MR) is 106 cm³/mol. The number of nitrogens with zero attached hydrogens (tertiary/aromatic N) is 2. The highest BCUT2D eigenvalue weighted by Gasteiger charge is 2.08. The fraction of sp³-hybridized carbons (Fsp3) is 0.0588. The van der Waals surface area contributed by atoms with Gasteiger partial charge in [-0.3, -0.25) is 0 Å². The lowest BCUT2D eigenvalue weighted by Gasteiger charge is -2.04. The van der Waals surface area contributed by atoms with Gasteiger partial charge >= 0.3 is 0 Å². The standard InChI is InChI=1S/C17H10Br2N2S2/c1-10-13(18)7-11(8-14(10)19)6-12(9-20)22-17-21-15-4-2-3-5-16(15)23-17/h2-8H,1H3/b12-6+. The van der Waals surface area contributed by atoms with Crippen molar-refractivity contribution in [2.45, 2.75) is 11.3 Å². The maximum absolute atomic E-state index is 9.43. The molecule has 3 rings (SSSR count). The molecule has 23 heavy (non-hydrogen) atoms. The van der Waals surface area contributed by atoms with Gasteiger partial charge in [-0.2, -0.15) is 5.26 Å². The number of aromatic nitrogens is 1. The normalized spacial score (nSPS) is 11.7. The molecule has 2 aromatic carbocycles. The number of fused-ring (bicyclic) bond motifs is 1. The maximum Gasteiger partial charge on any atom is 0.156 e. The van der Waals surface area contributed by atoms with Crippen LogP contribution in [-0.4, -0.2) is 4.98 Å². The molecule has 0 unspecified atom stereocenters. The van der Waals surface area contributed by atoms with Gasteiger partial charge < -0.3 is 0 Å². The number of para-hydroxylation sites is 1. The van der Waals surface area contributed by atoms with Crippen molar-refractivity contribution in [3.8, 4) is 6.07 Å². The van der Waals surface area contributed by atoms with E-state index in [1.807, 2.05) is 49.4 Å². The van der Waals surface area contributed by atoms with E-state index in [2.05, 4.69) is 42.9 Å². The second-order valence-corrected chi connectivity index (χ2v) is 8.81. The number of allylic oxidation sites excluding steroid dienone is 1. The molecule has 0 saturated carbocycles. The lowest BCUT2D eigenvalue weighted by atomic mass is 10.1. The summed E-state index contributed by atoms with van der Waals surface area (Å²) in [6.45, 7) is 2.03. The molecule has 1 heterocycles. The Balaban J connectivity index is 1.92. The molecule has 3 aromatic rings. The van der Waals surface area contributed by atoms with Crippen LogP contribution >= 0.6 is 55.0 Å². The minimum Gasteiger partial charge on any atom is -0.229 e. The Morgan fingerprint density at radius 1 is 1.26 bits per heavy atom. The predicted octanol–water partition coefficient (Wildman–Crippen LogP) is 6.79. The van der Waals surface area contributed by atoms with E-state index >= 15 is 0 Å². The van der Waals surface area contributed by atoms with E-state index in [-0.39, 0.29) is 0 Å². The number of thiazole rings is 1. The molecule has 0 atom stereocenters. The number of hydrogen-bond acceptors (Lipinski definition) is 4. The van der Waals surface area contributed by atoms with E-state index in [1.54, 1.807) is 11.3 Å². The summed E-state index contributed by atoms with van der Waals surface area (Å²) in [6.07, 6.45) is 1.88. The molecule has 0 amide bonds. The fourth-order valence-electron chi connectivity index (χ4n) is 1.97. The fourth-order valence-corrected chi connectivity index (χ4v) is 5.17. The molecule has 0 N–H and O–H groups in total. The summed E-state index contributed by atoms with van der Waals surface area (Å²) in [5.41, 5.74) is 3.08. The van der Waals surface area contributed by atoms with Crippen LogP contribution in [0.5, 0.6) is 0 Å². The monoisotopic (exact) mass is 464 g/mol. The summed E-state index contributed by atoms with van der Waals surface area (Å²) >= 11 is 10.1. The van der Waals surface area contributed by atoms with Crippen LogP contribution in [0.15, 0.2) is 54.6 Å². The zero-order valence-corrected chi connectivity index (χ0v) is 16.8. The van der Waals surface area contributed by atoms with Crippen molar-refractivity contribution in [3.63, 3.8) is 0 Å². The highest BCUT2D eigenvalue weighted by atomic mass is 79.9. The van der Waals surface area contributed by atoms with Gasteiger partial charge in [0.15, 0.2) is 4.34 Å². The summed E-state index contributed by atoms with van der Waals surface area (Å²) in [5.74, 6) is 0. The number of rotatable bonds is 3. The number of halogens is 2. The third-order valence-corrected chi connectivity index (χ3v) is 6.86.